The topological polar surface area (TPSA) is 67.6 Å². The van der Waals surface area contributed by atoms with Gasteiger partial charge in [0.2, 0.25) is 0 Å². The number of para-hydroxylation sites is 1. The Kier molecular flexibility index (Phi) is 5.38. The number of anilines is 1. The fraction of sp³-hybridized carbons (Fsp3) is 0.600. The number of nitrogens with zero attached hydrogens (tertiary/aromatic N) is 2. The molecule has 21 heavy (non-hydrogen) atoms. The Labute approximate surface area is 125 Å². The van der Waals surface area contributed by atoms with Crippen molar-refractivity contribution in [1.29, 1.82) is 0 Å². The van der Waals surface area contributed by atoms with Crippen LogP contribution in [0.2, 0.25) is 0 Å². The lowest BCUT2D eigenvalue weighted by molar-refractivity contribution is -0.385. The van der Waals surface area contributed by atoms with Crippen LogP contribution in [0, 0.1) is 16.0 Å². The summed E-state index contributed by atoms with van der Waals surface area (Å²) in [5.74, 6) is 0.909. The fourth-order valence-electron chi connectivity index (χ4n) is 2.78. The van der Waals surface area contributed by atoms with E-state index in [1.807, 2.05) is 26.1 Å². The number of hydrogen-bond donors (Lipinski definition) is 1. The van der Waals surface area contributed by atoms with Crippen molar-refractivity contribution in [2.45, 2.75) is 19.8 Å². The second-order valence-electron chi connectivity index (χ2n) is 5.39. The van der Waals surface area contributed by atoms with E-state index in [4.69, 9.17) is 4.74 Å². The lowest BCUT2D eigenvalue weighted by Crippen LogP contribution is -2.24. The van der Waals surface area contributed by atoms with Gasteiger partial charge in [0.05, 0.1) is 11.5 Å². The highest BCUT2D eigenvalue weighted by Gasteiger charge is 2.29. The van der Waals surface area contributed by atoms with Gasteiger partial charge in [0.15, 0.2) is 5.75 Å². The maximum Gasteiger partial charge on any atom is 0.333 e. The van der Waals surface area contributed by atoms with E-state index in [0.29, 0.717) is 24.0 Å². The number of benzene rings is 1. The van der Waals surface area contributed by atoms with Gasteiger partial charge in [-0.2, -0.15) is 0 Å². The van der Waals surface area contributed by atoms with E-state index >= 15 is 0 Å². The van der Waals surface area contributed by atoms with Crippen LogP contribution in [0.5, 0.6) is 5.75 Å². The first-order valence-electron chi connectivity index (χ1n) is 7.47. The van der Waals surface area contributed by atoms with Gasteiger partial charge in [-0.3, -0.25) is 10.1 Å². The Morgan fingerprint density at radius 3 is 3.00 bits per heavy atom. The van der Waals surface area contributed by atoms with Crippen molar-refractivity contribution in [2.75, 3.05) is 38.2 Å². The van der Waals surface area contributed by atoms with Crippen LogP contribution >= 0.6 is 0 Å². The maximum atomic E-state index is 11.5. The summed E-state index contributed by atoms with van der Waals surface area (Å²) < 4.78 is 5.54. The number of rotatable bonds is 7. The molecule has 0 saturated carbocycles. The summed E-state index contributed by atoms with van der Waals surface area (Å²) in [6.45, 7) is 5.12. The van der Waals surface area contributed by atoms with E-state index in [-0.39, 0.29) is 10.6 Å². The van der Waals surface area contributed by atoms with E-state index < -0.39 is 0 Å². The summed E-state index contributed by atoms with van der Waals surface area (Å²) in [6.07, 6.45) is 1.88. The van der Waals surface area contributed by atoms with Crippen molar-refractivity contribution in [2.24, 2.45) is 5.92 Å². The molecule has 1 unspecified atom stereocenters. The molecule has 0 aromatic heterocycles. The molecular weight excluding hydrogens is 270 g/mol. The molecule has 0 amide bonds. The van der Waals surface area contributed by atoms with Crippen LogP contribution in [0.4, 0.5) is 11.4 Å². The van der Waals surface area contributed by atoms with Gasteiger partial charge in [-0.25, -0.2) is 0 Å². The highest BCUT2D eigenvalue weighted by molar-refractivity contribution is 5.70. The van der Waals surface area contributed by atoms with E-state index in [9.17, 15) is 10.1 Å². The minimum Gasteiger partial charge on any atom is -0.487 e. The van der Waals surface area contributed by atoms with Crippen molar-refractivity contribution in [1.82, 2.24) is 5.32 Å². The molecule has 2 rings (SSSR count). The van der Waals surface area contributed by atoms with E-state index in [1.165, 1.54) is 0 Å². The summed E-state index contributed by atoms with van der Waals surface area (Å²) in [7, 11) is 1.93. The summed E-state index contributed by atoms with van der Waals surface area (Å²) in [6, 6.07) is 5.33. The third-order valence-electron chi connectivity index (χ3n) is 3.74. The van der Waals surface area contributed by atoms with Gasteiger partial charge in [-0.15, -0.1) is 0 Å². The summed E-state index contributed by atoms with van der Waals surface area (Å²) >= 11 is 0. The zero-order chi connectivity index (χ0) is 15.2. The molecule has 0 radical (unpaired) electrons. The third kappa shape index (κ3) is 3.64. The molecule has 6 nitrogen and oxygen atoms in total. The molecule has 1 aromatic rings. The molecule has 1 aliphatic heterocycles. The van der Waals surface area contributed by atoms with Crippen molar-refractivity contribution in [3.05, 3.63) is 28.3 Å². The van der Waals surface area contributed by atoms with Gasteiger partial charge in [0, 0.05) is 13.1 Å². The van der Waals surface area contributed by atoms with Crippen LogP contribution in [-0.2, 0) is 0 Å². The second kappa shape index (κ2) is 7.26. The van der Waals surface area contributed by atoms with Gasteiger partial charge < -0.3 is 15.0 Å². The number of nitro groups is 1. The Morgan fingerprint density at radius 2 is 2.33 bits per heavy atom. The first-order chi connectivity index (χ1) is 10.2. The molecule has 1 atom stereocenters. The lowest BCUT2D eigenvalue weighted by atomic mass is 10.1. The largest absolute Gasteiger partial charge is 0.487 e. The standard InChI is InChI=1S/C15H23N3O3/c1-3-9-21-14-6-4-5-13(15(14)18(19)20)17-8-7-12(11-17)10-16-2/h4-6,12,16H,3,7-11H2,1-2H3. The number of hydrogen-bond acceptors (Lipinski definition) is 5. The van der Waals surface area contributed by atoms with Gasteiger partial charge in [-0.1, -0.05) is 13.0 Å². The molecule has 0 bridgehead atoms. The van der Waals surface area contributed by atoms with Gasteiger partial charge >= 0.3 is 5.69 Å². The lowest BCUT2D eigenvalue weighted by Gasteiger charge is -2.19. The van der Waals surface area contributed by atoms with Crippen LogP contribution in [0.3, 0.4) is 0 Å². The van der Waals surface area contributed by atoms with Crippen LogP contribution in [0.1, 0.15) is 19.8 Å². The zero-order valence-electron chi connectivity index (χ0n) is 12.7. The minimum atomic E-state index is -0.328. The minimum absolute atomic E-state index is 0.0936. The molecular formula is C15H23N3O3. The molecule has 0 spiro atoms. The number of nitrogens with one attached hydrogen (secondary N) is 1. The Balaban J connectivity index is 2.24. The summed E-state index contributed by atoms with van der Waals surface area (Å²) in [5, 5.41) is 14.6. The highest BCUT2D eigenvalue weighted by atomic mass is 16.6. The van der Waals surface area contributed by atoms with Crippen molar-refractivity contribution >= 4 is 11.4 Å². The zero-order valence-corrected chi connectivity index (χ0v) is 12.7. The van der Waals surface area contributed by atoms with Crippen LogP contribution in [0.25, 0.3) is 0 Å². The molecule has 1 aliphatic rings. The van der Waals surface area contributed by atoms with E-state index in [2.05, 4.69) is 10.2 Å². The van der Waals surface area contributed by atoms with Gasteiger partial charge in [0.1, 0.15) is 5.69 Å². The maximum absolute atomic E-state index is 11.5. The summed E-state index contributed by atoms with van der Waals surface area (Å²) in [5.41, 5.74) is 0.767. The van der Waals surface area contributed by atoms with Crippen molar-refractivity contribution in [3.63, 3.8) is 0 Å². The van der Waals surface area contributed by atoms with E-state index in [0.717, 1.165) is 32.5 Å². The molecule has 1 fully saturated rings. The predicted octanol–water partition coefficient (Wildman–Crippen LogP) is 2.43. The average molecular weight is 293 g/mol. The smallest absolute Gasteiger partial charge is 0.333 e. The van der Waals surface area contributed by atoms with Gasteiger partial charge in [-0.05, 0) is 44.5 Å². The third-order valence-corrected chi connectivity index (χ3v) is 3.74. The first kappa shape index (κ1) is 15.6. The van der Waals surface area contributed by atoms with Crippen LogP contribution in [-0.4, -0.2) is 38.2 Å². The average Bonchev–Trinajstić information content (AvgIpc) is 2.93. The van der Waals surface area contributed by atoms with Crippen LogP contribution < -0.4 is 15.0 Å². The van der Waals surface area contributed by atoms with Crippen LogP contribution in [0.15, 0.2) is 18.2 Å². The van der Waals surface area contributed by atoms with Crippen molar-refractivity contribution in [3.8, 4) is 5.75 Å². The predicted molar refractivity (Wildman–Crippen MR) is 83.1 cm³/mol. The Hall–Kier alpha value is -1.82. The van der Waals surface area contributed by atoms with Gasteiger partial charge in [0.25, 0.3) is 0 Å². The normalized spacial score (nSPS) is 18.0. The Bertz CT molecular complexity index is 493. The fourth-order valence-corrected chi connectivity index (χ4v) is 2.78. The quantitative estimate of drug-likeness (QED) is 0.617. The number of nitro benzene ring substituents is 1. The SMILES string of the molecule is CCCOc1cccc(N2CCC(CNC)C2)c1[N+](=O)[O-]. The summed E-state index contributed by atoms with van der Waals surface area (Å²) in [4.78, 5) is 13.2. The first-order valence-corrected chi connectivity index (χ1v) is 7.47. The molecule has 6 heteroatoms. The van der Waals surface area contributed by atoms with Crippen molar-refractivity contribution < 1.29 is 9.66 Å². The monoisotopic (exact) mass is 293 g/mol. The Morgan fingerprint density at radius 1 is 1.52 bits per heavy atom. The molecule has 1 heterocycles. The molecule has 116 valence electrons. The number of ether oxygens (including phenoxy) is 1. The molecule has 0 aliphatic carbocycles. The second-order valence-corrected chi connectivity index (χ2v) is 5.39. The molecule has 1 N–H and O–H groups in total. The highest BCUT2D eigenvalue weighted by Crippen LogP contribution is 2.39. The molecule has 1 saturated heterocycles. The van der Waals surface area contributed by atoms with E-state index in [1.54, 1.807) is 6.07 Å². The molecule has 1 aromatic carbocycles.